The summed E-state index contributed by atoms with van der Waals surface area (Å²) >= 11 is 0. The number of rotatable bonds is 5. The molecular formula is C13H18O4. The molecule has 0 aliphatic carbocycles. The SMILES string of the molecule is OCc1ccc(OCCC2OCCCO2)cc1. The minimum atomic E-state index is -0.125. The molecule has 1 fully saturated rings. The maximum absolute atomic E-state index is 8.90. The second-order valence-corrected chi connectivity index (χ2v) is 3.96. The Morgan fingerprint density at radius 3 is 2.53 bits per heavy atom. The molecule has 1 aromatic rings. The molecule has 1 aromatic carbocycles. The number of hydrogen-bond donors (Lipinski definition) is 1. The van der Waals surface area contributed by atoms with Crippen LogP contribution >= 0.6 is 0 Å². The molecule has 0 radical (unpaired) electrons. The average Bonchev–Trinajstić information content (AvgIpc) is 2.41. The molecule has 4 heteroatoms. The van der Waals surface area contributed by atoms with Crippen molar-refractivity contribution in [1.29, 1.82) is 0 Å². The van der Waals surface area contributed by atoms with Gasteiger partial charge in [-0.2, -0.15) is 0 Å². The second-order valence-electron chi connectivity index (χ2n) is 3.96. The lowest BCUT2D eigenvalue weighted by atomic mass is 10.2. The molecule has 1 aliphatic rings. The summed E-state index contributed by atoms with van der Waals surface area (Å²) in [6.45, 7) is 2.18. The standard InChI is InChI=1S/C13H18O4/c14-10-11-2-4-12(5-3-11)15-9-6-13-16-7-1-8-17-13/h2-5,13-14H,1,6-10H2. The molecule has 1 saturated heterocycles. The summed E-state index contributed by atoms with van der Waals surface area (Å²) in [6.07, 6.45) is 1.59. The van der Waals surface area contributed by atoms with E-state index >= 15 is 0 Å². The summed E-state index contributed by atoms with van der Waals surface area (Å²) in [5.41, 5.74) is 0.885. The number of aliphatic hydroxyl groups excluding tert-OH is 1. The number of aliphatic hydroxyl groups is 1. The molecule has 0 atom stereocenters. The van der Waals surface area contributed by atoms with Crippen molar-refractivity contribution >= 4 is 0 Å². The van der Waals surface area contributed by atoms with Gasteiger partial charge in [0, 0.05) is 6.42 Å². The molecule has 1 heterocycles. The van der Waals surface area contributed by atoms with Crippen LogP contribution in [0.25, 0.3) is 0 Å². The van der Waals surface area contributed by atoms with E-state index in [1.54, 1.807) is 0 Å². The van der Waals surface area contributed by atoms with Gasteiger partial charge in [0.05, 0.1) is 26.4 Å². The Balaban J connectivity index is 1.69. The summed E-state index contributed by atoms with van der Waals surface area (Å²) in [5, 5.41) is 8.90. The molecule has 0 saturated carbocycles. The molecule has 94 valence electrons. The quantitative estimate of drug-likeness (QED) is 0.848. The molecule has 2 rings (SSSR count). The van der Waals surface area contributed by atoms with E-state index in [0.717, 1.165) is 37.4 Å². The highest BCUT2D eigenvalue weighted by molar-refractivity contribution is 5.26. The van der Waals surface area contributed by atoms with Crippen LogP contribution < -0.4 is 4.74 Å². The van der Waals surface area contributed by atoms with Crippen molar-refractivity contribution in [2.75, 3.05) is 19.8 Å². The minimum Gasteiger partial charge on any atom is -0.493 e. The van der Waals surface area contributed by atoms with Crippen molar-refractivity contribution in [2.24, 2.45) is 0 Å². The third-order valence-electron chi connectivity index (χ3n) is 2.62. The number of hydrogen-bond acceptors (Lipinski definition) is 4. The highest BCUT2D eigenvalue weighted by atomic mass is 16.7. The molecule has 0 aromatic heterocycles. The lowest BCUT2D eigenvalue weighted by Gasteiger charge is -2.23. The molecule has 1 aliphatic heterocycles. The Morgan fingerprint density at radius 2 is 1.88 bits per heavy atom. The zero-order chi connectivity index (χ0) is 11.9. The molecule has 17 heavy (non-hydrogen) atoms. The molecule has 0 spiro atoms. The fourth-order valence-electron chi connectivity index (χ4n) is 1.67. The third kappa shape index (κ3) is 4.00. The van der Waals surface area contributed by atoms with E-state index in [1.165, 1.54) is 0 Å². The fraction of sp³-hybridized carbons (Fsp3) is 0.538. The van der Waals surface area contributed by atoms with E-state index in [4.69, 9.17) is 19.3 Å². The van der Waals surface area contributed by atoms with Gasteiger partial charge in [0.1, 0.15) is 5.75 Å². The first-order chi connectivity index (χ1) is 8.38. The molecule has 4 nitrogen and oxygen atoms in total. The van der Waals surface area contributed by atoms with E-state index in [-0.39, 0.29) is 12.9 Å². The average molecular weight is 238 g/mol. The van der Waals surface area contributed by atoms with Gasteiger partial charge in [-0.1, -0.05) is 12.1 Å². The van der Waals surface area contributed by atoms with Gasteiger partial charge >= 0.3 is 0 Å². The van der Waals surface area contributed by atoms with Gasteiger partial charge in [0.2, 0.25) is 0 Å². The van der Waals surface area contributed by atoms with Gasteiger partial charge in [-0.15, -0.1) is 0 Å². The molecular weight excluding hydrogens is 220 g/mol. The predicted molar refractivity (Wildman–Crippen MR) is 62.8 cm³/mol. The molecule has 1 N–H and O–H groups in total. The van der Waals surface area contributed by atoms with Crippen LogP contribution in [-0.2, 0) is 16.1 Å². The van der Waals surface area contributed by atoms with Crippen molar-refractivity contribution in [1.82, 2.24) is 0 Å². The van der Waals surface area contributed by atoms with Crippen LogP contribution in [0.2, 0.25) is 0 Å². The van der Waals surface area contributed by atoms with E-state index in [0.29, 0.717) is 6.61 Å². The fourth-order valence-corrected chi connectivity index (χ4v) is 1.67. The smallest absolute Gasteiger partial charge is 0.160 e. The van der Waals surface area contributed by atoms with Gasteiger partial charge in [0.15, 0.2) is 6.29 Å². The highest BCUT2D eigenvalue weighted by Gasteiger charge is 2.13. The summed E-state index contributed by atoms with van der Waals surface area (Å²) in [6, 6.07) is 7.41. The Bertz CT molecular complexity index is 317. The van der Waals surface area contributed by atoms with Gasteiger partial charge in [-0.3, -0.25) is 0 Å². The van der Waals surface area contributed by atoms with Gasteiger partial charge in [-0.05, 0) is 24.1 Å². The zero-order valence-electron chi connectivity index (χ0n) is 9.80. The lowest BCUT2D eigenvalue weighted by molar-refractivity contribution is -0.183. The Labute approximate surface area is 101 Å². The van der Waals surface area contributed by atoms with Crippen molar-refractivity contribution in [3.63, 3.8) is 0 Å². The largest absolute Gasteiger partial charge is 0.493 e. The lowest BCUT2D eigenvalue weighted by Crippen LogP contribution is -2.26. The predicted octanol–water partition coefficient (Wildman–Crippen LogP) is 1.71. The Morgan fingerprint density at radius 1 is 1.18 bits per heavy atom. The highest BCUT2D eigenvalue weighted by Crippen LogP contribution is 2.14. The van der Waals surface area contributed by atoms with Crippen LogP contribution in [0.15, 0.2) is 24.3 Å². The normalized spacial score (nSPS) is 17.0. The Hall–Kier alpha value is -1.10. The van der Waals surface area contributed by atoms with E-state index in [9.17, 15) is 0 Å². The van der Waals surface area contributed by atoms with Crippen LogP contribution in [-0.4, -0.2) is 31.2 Å². The molecule has 0 bridgehead atoms. The first-order valence-corrected chi connectivity index (χ1v) is 5.94. The number of ether oxygens (including phenoxy) is 3. The van der Waals surface area contributed by atoms with E-state index < -0.39 is 0 Å². The van der Waals surface area contributed by atoms with Crippen LogP contribution in [0.4, 0.5) is 0 Å². The van der Waals surface area contributed by atoms with Crippen molar-refractivity contribution in [3.05, 3.63) is 29.8 Å². The summed E-state index contributed by atoms with van der Waals surface area (Å²) < 4.78 is 16.4. The zero-order valence-corrected chi connectivity index (χ0v) is 9.80. The van der Waals surface area contributed by atoms with E-state index in [1.807, 2.05) is 24.3 Å². The van der Waals surface area contributed by atoms with Crippen LogP contribution in [0.1, 0.15) is 18.4 Å². The third-order valence-corrected chi connectivity index (χ3v) is 2.62. The van der Waals surface area contributed by atoms with Crippen molar-refractivity contribution in [3.8, 4) is 5.75 Å². The van der Waals surface area contributed by atoms with E-state index in [2.05, 4.69) is 0 Å². The van der Waals surface area contributed by atoms with Crippen molar-refractivity contribution in [2.45, 2.75) is 25.7 Å². The van der Waals surface area contributed by atoms with Crippen molar-refractivity contribution < 1.29 is 19.3 Å². The summed E-state index contributed by atoms with van der Waals surface area (Å²) in [7, 11) is 0. The monoisotopic (exact) mass is 238 g/mol. The van der Waals surface area contributed by atoms with Crippen LogP contribution in [0, 0.1) is 0 Å². The van der Waals surface area contributed by atoms with Gasteiger partial charge in [-0.25, -0.2) is 0 Å². The summed E-state index contributed by atoms with van der Waals surface area (Å²) in [5.74, 6) is 0.804. The Kier molecular flexibility index (Phi) is 4.79. The van der Waals surface area contributed by atoms with Gasteiger partial charge in [0.25, 0.3) is 0 Å². The summed E-state index contributed by atoms with van der Waals surface area (Å²) in [4.78, 5) is 0. The van der Waals surface area contributed by atoms with Crippen LogP contribution in [0.5, 0.6) is 5.75 Å². The maximum Gasteiger partial charge on any atom is 0.160 e. The molecule has 0 amide bonds. The first kappa shape index (κ1) is 12.4. The van der Waals surface area contributed by atoms with Gasteiger partial charge < -0.3 is 19.3 Å². The second kappa shape index (κ2) is 6.59. The maximum atomic E-state index is 8.90. The minimum absolute atomic E-state index is 0.0596. The first-order valence-electron chi connectivity index (χ1n) is 5.94. The van der Waals surface area contributed by atoms with Crippen LogP contribution in [0.3, 0.4) is 0 Å². The number of benzene rings is 1. The molecule has 0 unspecified atom stereocenters. The topological polar surface area (TPSA) is 47.9 Å².